The van der Waals surface area contributed by atoms with E-state index in [1.165, 1.54) is 24.3 Å². The summed E-state index contributed by atoms with van der Waals surface area (Å²) in [6, 6.07) is 9.73. The number of carbonyl (C=O) groups excluding carboxylic acids is 1. The molecule has 0 saturated carbocycles. The van der Waals surface area contributed by atoms with Gasteiger partial charge in [0.15, 0.2) is 0 Å². The lowest BCUT2D eigenvalue weighted by Crippen LogP contribution is -2.16. The summed E-state index contributed by atoms with van der Waals surface area (Å²) in [5, 5.41) is 2.34. The van der Waals surface area contributed by atoms with E-state index in [9.17, 15) is 22.4 Å². The van der Waals surface area contributed by atoms with Crippen molar-refractivity contribution >= 4 is 17.5 Å². The number of nitrogen functional groups attached to an aromatic ring is 1. The molecule has 3 aromatic rings. The number of amides is 1. The van der Waals surface area contributed by atoms with Crippen LogP contribution in [0.15, 0.2) is 54.7 Å². The molecule has 138 valence electrons. The Balaban J connectivity index is 1.98. The first-order valence-electron chi connectivity index (χ1n) is 7.62. The molecule has 0 bridgehead atoms. The first kappa shape index (κ1) is 18.3. The molecule has 0 fully saturated rings. The first-order chi connectivity index (χ1) is 12.8. The van der Waals surface area contributed by atoms with Gasteiger partial charge in [-0.05, 0) is 30.3 Å². The summed E-state index contributed by atoms with van der Waals surface area (Å²) in [6.45, 7) is 0. The molecular formula is C18H12F4N4O. The van der Waals surface area contributed by atoms with Crippen LogP contribution in [0.4, 0.5) is 29.2 Å². The van der Waals surface area contributed by atoms with E-state index >= 15 is 0 Å². The largest absolute Gasteiger partial charge is 0.416 e. The van der Waals surface area contributed by atoms with E-state index in [-0.39, 0.29) is 28.5 Å². The number of benzene rings is 2. The van der Waals surface area contributed by atoms with E-state index in [0.29, 0.717) is 0 Å². The molecule has 0 unspecified atom stereocenters. The Kier molecular flexibility index (Phi) is 4.76. The summed E-state index contributed by atoms with van der Waals surface area (Å²) in [7, 11) is 0. The van der Waals surface area contributed by atoms with Gasteiger partial charge in [-0.1, -0.05) is 18.2 Å². The van der Waals surface area contributed by atoms with Gasteiger partial charge in [-0.3, -0.25) is 4.79 Å². The van der Waals surface area contributed by atoms with Crippen molar-refractivity contribution < 1.29 is 22.4 Å². The van der Waals surface area contributed by atoms with Crippen molar-refractivity contribution in [3.8, 4) is 11.3 Å². The molecule has 0 aliphatic carbocycles. The fourth-order valence-corrected chi connectivity index (χ4v) is 2.39. The molecule has 1 heterocycles. The second-order valence-corrected chi connectivity index (χ2v) is 5.50. The highest BCUT2D eigenvalue weighted by Crippen LogP contribution is 2.31. The zero-order valence-electron chi connectivity index (χ0n) is 13.6. The van der Waals surface area contributed by atoms with Gasteiger partial charge in [0.25, 0.3) is 5.91 Å². The average Bonchev–Trinajstić information content (AvgIpc) is 2.61. The molecule has 1 amide bonds. The van der Waals surface area contributed by atoms with Crippen molar-refractivity contribution in [3.63, 3.8) is 0 Å². The van der Waals surface area contributed by atoms with Crippen LogP contribution in [0.5, 0.6) is 0 Å². The highest BCUT2D eigenvalue weighted by Gasteiger charge is 2.30. The molecule has 5 nitrogen and oxygen atoms in total. The number of aromatic nitrogens is 2. The Morgan fingerprint density at radius 3 is 2.52 bits per heavy atom. The molecule has 0 saturated heterocycles. The van der Waals surface area contributed by atoms with Crippen molar-refractivity contribution in [2.45, 2.75) is 6.18 Å². The zero-order valence-corrected chi connectivity index (χ0v) is 13.6. The molecule has 0 radical (unpaired) electrons. The van der Waals surface area contributed by atoms with Gasteiger partial charge < -0.3 is 11.1 Å². The van der Waals surface area contributed by atoms with Crippen LogP contribution in [0.2, 0.25) is 0 Å². The zero-order chi connectivity index (χ0) is 19.6. The van der Waals surface area contributed by atoms with E-state index in [0.717, 1.165) is 24.4 Å². The predicted molar refractivity (Wildman–Crippen MR) is 91.2 cm³/mol. The fourth-order valence-electron chi connectivity index (χ4n) is 2.39. The minimum absolute atomic E-state index is 0.0146. The van der Waals surface area contributed by atoms with Crippen LogP contribution in [-0.2, 0) is 6.18 Å². The van der Waals surface area contributed by atoms with E-state index in [1.807, 2.05) is 0 Å². The number of nitrogens with two attached hydrogens (primary N) is 1. The highest BCUT2D eigenvalue weighted by molar-refractivity contribution is 6.08. The van der Waals surface area contributed by atoms with Crippen molar-refractivity contribution in [1.29, 1.82) is 0 Å². The lowest BCUT2D eigenvalue weighted by molar-refractivity contribution is -0.137. The van der Waals surface area contributed by atoms with Gasteiger partial charge >= 0.3 is 6.18 Å². The van der Waals surface area contributed by atoms with E-state index < -0.39 is 23.5 Å². The van der Waals surface area contributed by atoms with E-state index in [1.54, 1.807) is 6.07 Å². The SMILES string of the molecule is Nc1ncc(C(=O)Nc2cccc(C(F)(F)F)c2)c(-c2ccccc2F)n1. The fraction of sp³-hybridized carbons (Fsp3) is 0.0556. The number of nitrogens with zero attached hydrogens (tertiary/aromatic N) is 2. The number of halogens is 4. The van der Waals surface area contributed by atoms with Crippen molar-refractivity contribution in [2.75, 3.05) is 11.1 Å². The van der Waals surface area contributed by atoms with Gasteiger partial charge in [-0.15, -0.1) is 0 Å². The molecule has 0 aliphatic heterocycles. The smallest absolute Gasteiger partial charge is 0.368 e. The highest BCUT2D eigenvalue weighted by atomic mass is 19.4. The molecule has 0 aliphatic rings. The van der Waals surface area contributed by atoms with E-state index in [4.69, 9.17) is 5.73 Å². The third-order valence-corrected chi connectivity index (χ3v) is 3.63. The number of rotatable bonds is 3. The molecule has 3 rings (SSSR count). The molecule has 1 aromatic heterocycles. The van der Waals surface area contributed by atoms with Crippen LogP contribution in [0.1, 0.15) is 15.9 Å². The first-order valence-corrected chi connectivity index (χ1v) is 7.62. The van der Waals surface area contributed by atoms with Crippen molar-refractivity contribution in [1.82, 2.24) is 9.97 Å². The summed E-state index contributed by atoms with van der Waals surface area (Å²) in [6.07, 6.45) is -3.46. The topological polar surface area (TPSA) is 80.9 Å². The normalized spacial score (nSPS) is 11.3. The maximum Gasteiger partial charge on any atom is 0.416 e. The maximum atomic E-state index is 14.1. The molecule has 0 atom stereocenters. The molecular weight excluding hydrogens is 364 g/mol. The van der Waals surface area contributed by atoms with E-state index in [2.05, 4.69) is 15.3 Å². The van der Waals surface area contributed by atoms with Crippen molar-refractivity contribution in [2.24, 2.45) is 0 Å². The van der Waals surface area contributed by atoms with Crippen molar-refractivity contribution in [3.05, 3.63) is 71.7 Å². The number of hydrogen-bond acceptors (Lipinski definition) is 4. The van der Waals surface area contributed by atoms with Crippen LogP contribution in [0.25, 0.3) is 11.3 Å². The predicted octanol–water partition coefficient (Wildman–Crippen LogP) is 4.14. The Morgan fingerprint density at radius 1 is 1.07 bits per heavy atom. The summed E-state index contributed by atoms with van der Waals surface area (Å²) < 4.78 is 52.5. The molecule has 27 heavy (non-hydrogen) atoms. The van der Waals surface area contributed by atoms with Crippen LogP contribution >= 0.6 is 0 Å². The second kappa shape index (κ2) is 7.02. The quantitative estimate of drug-likeness (QED) is 0.674. The molecule has 9 heteroatoms. The number of nitrogens with one attached hydrogen (secondary N) is 1. The molecule has 0 spiro atoms. The Morgan fingerprint density at radius 2 is 1.81 bits per heavy atom. The number of anilines is 2. The summed E-state index contributed by atoms with van der Waals surface area (Å²) in [5.41, 5.74) is 4.36. The second-order valence-electron chi connectivity index (χ2n) is 5.50. The average molecular weight is 376 g/mol. The monoisotopic (exact) mass is 376 g/mol. The van der Waals surface area contributed by atoms with Gasteiger partial charge in [0, 0.05) is 17.4 Å². The van der Waals surface area contributed by atoms with Gasteiger partial charge in [0.2, 0.25) is 5.95 Å². The van der Waals surface area contributed by atoms with Crippen LogP contribution in [0, 0.1) is 5.82 Å². The number of carbonyl (C=O) groups is 1. The summed E-state index contributed by atoms with van der Waals surface area (Å²) in [5.74, 6) is -1.61. The van der Waals surface area contributed by atoms with Gasteiger partial charge in [-0.2, -0.15) is 13.2 Å². The minimum Gasteiger partial charge on any atom is -0.368 e. The Bertz CT molecular complexity index is 1000. The van der Waals surface area contributed by atoms with Crippen LogP contribution < -0.4 is 11.1 Å². The lowest BCUT2D eigenvalue weighted by atomic mass is 10.1. The Labute approximate surface area is 150 Å². The summed E-state index contributed by atoms with van der Waals surface area (Å²) in [4.78, 5) is 20.2. The Hall–Kier alpha value is -3.49. The minimum atomic E-state index is -4.55. The van der Waals surface area contributed by atoms with Gasteiger partial charge in [0.05, 0.1) is 16.8 Å². The standard InChI is InChI=1S/C18H12F4N4O/c19-14-7-2-1-6-12(14)15-13(9-24-17(23)26-15)16(27)25-11-5-3-4-10(8-11)18(20,21)22/h1-9H,(H,25,27)(H2,23,24,26). The molecule has 2 aromatic carbocycles. The lowest BCUT2D eigenvalue weighted by Gasteiger charge is -2.12. The summed E-state index contributed by atoms with van der Waals surface area (Å²) >= 11 is 0. The van der Waals surface area contributed by atoms with Crippen LogP contribution in [-0.4, -0.2) is 15.9 Å². The maximum absolute atomic E-state index is 14.1. The van der Waals surface area contributed by atoms with Crippen LogP contribution in [0.3, 0.4) is 0 Å². The number of hydrogen-bond donors (Lipinski definition) is 2. The third kappa shape index (κ3) is 4.02. The third-order valence-electron chi connectivity index (χ3n) is 3.63. The number of alkyl halides is 3. The van der Waals surface area contributed by atoms with Gasteiger partial charge in [-0.25, -0.2) is 14.4 Å². The molecule has 3 N–H and O–H groups in total. The van der Waals surface area contributed by atoms with Gasteiger partial charge in [0.1, 0.15) is 5.82 Å².